The summed E-state index contributed by atoms with van der Waals surface area (Å²) in [6.45, 7) is 0.483. The van der Waals surface area contributed by atoms with Crippen molar-refractivity contribution in [1.29, 1.82) is 5.26 Å². The van der Waals surface area contributed by atoms with Gasteiger partial charge in [0.2, 0.25) is 6.79 Å². The number of thiophene rings is 2. The number of anilines is 2. The maximum Gasteiger partial charge on any atom is 0.263 e. The number of nitrogens with zero attached hydrogens (tertiary/aromatic N) is 2. The number of fused-ring (bicyclic) bond motifs is 2. The maximum atomic E-state index is 12.9. The third-order valence-electron chi connectivity index (χ3n) is 4.88. The summed E-state index contributed by atoms with van der Waals surface area (Å²) in [6, 6.07) is 11.4. The first kappa shape index (κ1) is 19.2. The summed E-state index contributed by atoms with van der Waals surface area (Å²) in [4.78, 5) is 18.9. The Bertz CT molecular complexity index is 1370. The zero-order valence-electron chi connectivity index (χ0n) is 16.0. The Labute approximate surface area is 184 Å². The van der Waals surface area contributed by atoms with E-state index in [1.165, 1.54) is 11.3 Å². The second-order valence-electron chi connectivity index (χ2n) is 6.73. The SMILES string of the molecule is N#Cc1c(N)nc2sc(C(=O)NCc3ccc4c(c3)OCO4)c(N)c2c1-c1cccs1. The van der Waals surface area contributed by atoms with E-state index in [9.17, 15) is 10.1 Å². The van der Waals surface area contributed by atoms with Gasteiger partial charge >= 0.3 is 0 Å². The predicted octanol–water partition coefficient (Wildman–Crippen LogP) is 3.72. The van der Waals surface area contributed by atoms with Crippen molar-refractivity contribution in [1.82, 2.24) is 10.3 Å². The monoisotopic (exact) mass is 449 g/mol. The molecular weight excluding hydrogens is 434 g/mol. The lowest BCUT2D eigenvalue weighted by atomic mass is 10.0. The van der Waals surface area contributed by atoms with Crippen molar-refractivity contribution in [3.8, 4) is 28.0 Å². The zero-order valence-corrected chi connectivity index (χ0v) is 17.6. The number of carbonyl (C=O) groups is 1. The van der Waals surface area contributed by atoms with Crippen LogP contribution >= 0.6 is 22.7 Å². The molecule has 154 valence electrons. The van der Waals surface area contributed by atoms with Crippen molar-refractivity contribution in [3.63, 3.8) is 0 Å². The van der Waals surface area contributed by atoms with E-state index >= 15 is 0 Å². The number of carbonyl (C=O) groups excluding carboxylic acids is 1. The molecule has 0 fully saturated rings. The molecule has 1 amide bonds. The highest BCUT2D eigenvalue weighted by molar-refractivity contribution is 7.21. The van der Waals surface area contributed by atoms with E-state index in [0.717, 1.165) is 21.8 Å². The summed E-state index contributed by atoms with van der Waals surface area (Å²) >= 11 is 2.62. The molecule has 31 heavy (non-hydrogen) atoms. The number of hydrogen-bond acceptors (Lipinski definition) is 9. The van der Waals surface area contributed by atoms with Crippen molar-refractivity contribution < 1.29 is 14.3 Å². The second kappa shape index (κ2) is 7.46. The van der Waals surface area contributed by atoms with Crippen LogP contribution in [-0.2, 0) is 6.54 Å². The summed E-state index contributed by atoms with van der Waals surface area (Å²) in [7, 11) is 0. The van der Waals surface area contributed by atoms with E-state index in [2.05, 4.69) is 16.4 Å². The molecule has 0 aliphatic carbocycles. The Morgan fingerprint density at radius 3 is 2.87 bits per heavy atom. The molecule has 3 aromatic heterocycles. The number of nitrogens with one attached hydrogen (secondary N) is 1. The fourth-order valence-corrected chi connectivity index (χ4v) is 5.24. The number of nitriles is 1. The van der Waals surface area contributed by atoms with E-state index in [-0.39, 0.29) is 29.8 Å². The van der Waals surface area contributed by atoms with Crippen LogP contribution in [0, 0.1) is 11.3 Å². The molecule has 5 rings (SSSR count). The molecule has 0 atom stereocenters. The molecule has 4 aromatic rings. The quantitative estimate of drug-likeness (QED) is 0.432. The number of nitrogens with two attached hydrogens (primary N) is 2. The Morgan fingerprint density at radius 2 is 2.10 bits per heavy atom. The molecule has 0 radical (unpaired) electrons. The molecule has 5 N–H and O–H groups in total. The van der Waals surface area contributed by atoms with Gasteiger partial charge in [-0.15, -0.1) is 22.7 Å². The molecule has 0 spiro atoms. The number of pyridine rings is 1. The molecule has 1 aliphatic heterocycles. The van der Waals surface area contributed by atoms with Gasteiger partial charge in [-0.05, 0) is 29.1 Å². The largest absolute Gasteiger partial charge is 0.454 e. The van der Waals surface area contributed by atoms with Gasteiger partial charge in [0, 0.05) is 22.4 Å². The fourth-order valence-electron chi connectivity index (χ4n) is 3.43. The van der Waals surface area contributed by atoms with Gasteiger partial charge in [0.1, 0.15) is 27.2 Å². The van der Waals surface area contributed by atoms with Crippen molar-refractivity contribution in [2.45, 2.75) is 6.54 Å². The third kappa shape index (κ3) is 3.20. The highest BCUT2D eigenvalue weighted by Crippen LogP contribution is 2.43. The van der Waals surface area contributed by atoms with E-state index in [1.54, 1.807) is 6.07 Å². The summed E-state index contributed by atoms with van der Waals surface area (Å²) in [6.07, 6.45) is 0. The number of benzene rings is 1. The molecule has 0 saturated carbocycles. The zero-order chi connectivity index (χ0) is 21.5. The molecule has 1 aliphatic rings. The molecule has 4 heterocycles. The van der Waals surface area contributed by atoms with Crippen LogP contribution in [0.4, 0.5) is 11.5 Å². The summed E-state index contributed by atoms with van der Waals surface area (Å²) in [5.74, 6) is 1.12. The Morgan fingerprint density at radius 1 is 1.26 bits per heavy atom. The molecular formula is C21H15N5O3S2. The van der Waals surface area contributed by atoms with Crippen LogP contribution in [0.2, 0.25) is 0 Å². The number of ether oxygens (including phenoxy) is 2. The van der Waals surface area contributed by atoms with Gasteiger partial charge in [-0.3, -0.25) is 4.79 Å². The van der Waals surface area contributed by atoms with Crippen LogP contribution in [0.15, 0.2) is 35.7 Å². The van der Waals surface area contributed by atoms with Crippen molar-refractivity contribution in [2.75, 3.05) is 18.3 Å². The normalized spacial score (nSPS) is 12.1. The average molecular weight is 450 g/mol. The lowest BCUT2D eigenvalue weighted by Gasteiger charge is -2.08. The van der Waals surface area contributed by atoms with Gasteiger partial charge in [0.25, 0.3) is 5.91 Å². The number of amides is 1. The van der Waals surface area contributed by atoms with Gasteiger partial charge in [-0.25, -0.2) is 4.98 Å². The maximum absolute atomic E-state index is 12.9. The molecule has 1 aromatic carbocycles. The van der Waals surface area contributed by atoms with Gasteiger partial charge in [0.05, 0.1) is 5.69 Å². The van der Waals surface area contributed by atoms with Gasteiger partial charge in [-0.1, -0.05) is 12.1 Å². The lowest BCUT2D eigenvalue weighted by Crippen LogP contribution is -2.22. The van der Waals surface area contributed by atoms with Crippen LogP contribution < -0.4 is 26.3 Å². The van der Waals surface area contributed by atoms with E-state index < -0.39 is 0 Å². The van der Waals surface area contributed by atoms with Crippen LogP contribution in [0.3, 0.4) is 0 Å². The molecule has 0 bridgehead atoms. The molecule has 8 nitrogen and oxygen atoms in total. The first-order valence-electron chi connectivity index (χ1n) is 9.19. The Kier molecular flexibility index (Phi) is 4.62. The average Bonchev–Trinajstić information content (AvgIpc) is 3.51. The highest BCUT2D eigenvalue weighted by Gasteiger charge is 2.24. The molecule has 10 heteroatoms. The van der Waals surface area contributed by atoms with Crippen molar-refractivity contribution in [2.24, 2.45) is 0 Å². The number of aromatic nitrogens is 1. The van der Waals surface area contributed by atoms with Gasteiger partial charge in [0.15, 0.2) is 11.5 Å². The molecule has 0 unspecified atom stereocenters. The minimum atomic E-state index is -0.327. The highest BCUT2D eigenvalue weighted by atomic mass is 32.1. The van der Waals surface area contributed by atoms with Crippen LogP contribution in [0.1, 0.15) is 20.8 Å². The summed E-state index contributed by atoms with van der Waals surface area (Å²) < 4.78 is 10.7. The van der Waals surface area contributed by atoms with Gasteiger partial charge < -0.3 is 26.3 Å². The number of rotatable bonds is 4. The third-order valence-corrected chi connectivity index (χ3v) is 6.87. The van der Waals surface area contributed by atoms with E-state index in [1.807, 2.05) is 29.6 Å². The topological polar surface area (TPSA) is 136 Å². The minimum absolute atomic E-state index is 0.118. The number of nitrogen functional groups attached to an aromatic ring is 2. The first-order valence-corrected chi connectivity index (χ1v) is 10.9. The number of hydrogen-bond donors (Lipinski definition) is 3. The van der Waals surface area contributed by atoms with E-state index in [4.69, 9.17) is 20.9 Å². The standard InChI is InChI=1S/C21H15N5O3S2/c22-7-11-15(14-2-1-5-30-14)16-17(23)18(31-21(16)26-19(11)24)20(27)25-8-10-3-4-12-13(6-10)29-9-28-12/h1-6H,8-9,23H2,(H2,24,26)(H,25,27). The van der Waals surface area contributed by atoms with E-state index in [0.29, 0.717) is 38.7 Å². The van der Waals surface area contributed by atoms with Crippen LogP contribution in [-0.4, -0.2) is 17.7 Å². The van der Waals surface area contributed by atoms with Crippen LogP contribution in [0.5, 0.6) is 11.5 Å². The Hall–Kier alpha value is -3.81. The van der Waals surface area contributed by atoms with Crippen LogP contribution in [0.25, 0.3) is 20.7 Å². The second-order valence-corrected chi connectivity index (χ2v) is 8.68. The minimum Gasteiger partial charge on any atom is -0.454 e. The predicted molar refractivity (Wildman–Crippen MR) is 120 cm³/mol. The van der Waals surface area contributed by atoms with Gasteiger partial charge in [-0.2, -0.15) is 5.26 Å². The van der Waals surface area contributed by atoms with Crippen molar-refractivity contribution in [3.05, 3.63) is 51.7 Å². The summed E-state index contributed by atoms with van der Waals surface area (Å²) in [5.41, 5.74) is 14.4. The molecule has 0 saturated heterocycles. The Balaban J connectivity index is 1.50. The van der Waals surface area contributed by atoms with Crippen molar-refractivity contribution >= 4 is 50.3 Å². The summed E-state index contributed by atoms with van der Waals surface area (Å²) in [5, 5.41) is 15.0. The first-order chi connectivity index (χ1) is 15.1. The lowest BCUT2D eigenvalue weighted by molar-refractivity contribution is 0.0955. The fraction of sp³-hybridized carbons (Fsp3) is 0.0952. The smallest absolute Gasteiger partial charge is 0.263 e.